The molecule has 0 saturated heterocycles. The topological polar surface area (TPSA) is 210 Å². The molecule has 17 heteroatoms. The van der Waals surface area contributed by atoms with E-state index in [1.165, 1.54) is 0 Å². The molecule has 6 N–H and O–H groups in total. The summed E-state index contributed by atoms with van der Waals surface area (Å²) in [6, 6.07) is 6.68. The molecule has 0 aliphatic carbocycles. The maximum absolute atomic E-state index is 13.4. The maximum atomic E-state index is 13.4. The van der Waals surface area contributed by atoms with Crippen LogP contribution in [0.25, 0.3) is 10.9 Å². The second-order valence-corrected chi connectivity index (χ2v) is 14.5. The number of pyridine rings is 1. The SMILES string of the molecule is CCN(CC)CCCC(C)N(C(=O)OCCCC(=O)NCCC(O)(P(=O)(O)O)P(=O)(O)O)c1ccnc2cc(Cl)ccc12. The zero-order chi connectivity index (χ0) is 32.4. The average molecular weight is 667 g/mol. The largest absolute Gasteiger partial charge is 0.449 e. The molecule has 242 valence electrons. The summed E-state index contributed by atoms with van der Waals surface area (Å²) in [6.07, 6.45) is 1.37. The van der Waals surface area contributed by atoms with Gasteiger partial charge in [-0.3, -0.25) is 23.8 Å². The minimum atomic E-state index is -5.62. The van der Waals surface area contributed by atoms with Gasteiger partial charge in [0.15, 0.2) is 0 Å². The summed E-state index contributed by atoms with van der Waals surface area (Å²) in [5, 5.41) is 9.74. The van der Waals surface area contributed by atoms with Gasteiger partial charge in [0.1, 0.15) is 0 Å². The Morgan fingerprint density at radius 1 is 1.09 bits per heavy atom. The van der Waals surface area contributed by atoms with Crippen molar-refractivity contribution < 1.29 is 48.1 Å². The van der Waals surface area contributed by atoms with Crippen molar-refractivity contribution in [2.24, 2.45) is 0 Å². The van der Waals surface area contributed by atoms with Crippen LogP contribution in [-0.2, 0) is 18.7 Å². The molecule has 1 aromatic heterocycles. The molecule has 0 aliphatic heterocycles. The van der Waals surface area contributed by atoms with Crippen LogP contribution in [0.2, 0.25) is 5.02 Å². The van der Waals surface area contributed by atoms with E-state index in [4.69, 9.17) is 16.3 Å². The van der Waals surface area contributed by atoms with E-state index in [1.807, 2.05) is 6.92 Å². The lowest BCUT2D eigenvalue weighted by molar-refractivity contribution is -0.121. The van der Waals surface area contributed by atoms with E-state index in [9.17, 15) is 43.4 Å². The third kappa shape index (κ3) is 10.2. The molecule has 2 rings (SSSR count). The van der Waals surface area contributed by atoms with Crippen molar-refractivity contribution in [1.82, 2.24) is 15.2 Å². The van der Waals surface area contributed by atoms with Gasteiger partial charge in [0.25, 0.3) is 5.08 Å². The number of hydrogen-bond donors (Lipinski definition) is 6. The summed E-state index contributed by atoms with van der Waals surface area (Å²) < 4.78 is 28.4. The molecule has 14 nitrogen and oxygen atoms in total. The second-order valence-electron chi connectivity index (χ2n) is 10.1. The number of ether oxygens (including phenoxy) is 1. The first-order valence-electron chi connectivity index (χ1n) is 13.9. The molecule has 2 amide bonds. The van der Waals surface area contributed by atoms with Gasteiger partial charge >= 0.3 is 21.3 Å². The van der Waals surface area contributed by atoms with Gasteiger partial charge in [-0.25, -0.2) is 4.79 Å². The summed E-state index contributed by atoms with van der Waals surface area (Å²) in [5.41, 5.74) is 1.21. The predicted octanol–water partition coefficient (Wildman–Crippen LogP) is 3.63. The Labute approximate surface area is 255 Å². The molecule has 0 fully saturated rings. The van der Waals surface area contributed by atoms with Crippen molar-refractivity contribution in [2.75, 3.05) is 37.7 Å². The first-order chi connectivity index (χ1) is 20.1. The molecular formula is C26H41ClN4O10P2. The zero-order valence-corrected chi connectivity index (χ0v) is 27.0. The van der Waals surface area contributed by atoms with Crippen molar-refractivity contribution in [3.8, 4) is 0 Å². The molecule has 0 saturated carbocycles. The van der Waals surface area contributed by atoms with Crippen molar-refractivity contribution >= 4 is 55.4 Å². The highest BCUT2D eigenvalue weighted by Gasteiger charge is 2.58. The van der Waals surface area contributed by atoms with Crippen LogP contribution in [0.4, 0.5) is 10.5 Å². The number of amides is 2. The molecule has 43 heavy (non-hydrogen) atoms. The Morgan fingerprint density at radius 2 is 1.74 bits per heavy atom. The summed E-state index contributed by atoms with van der Waals surface area (Å²) in [5.74, 6) is -0.631. The number of rotatable bonds is 17. The Hall–Kier alpha value is -2.12. The fourth-order valence-electron chi connectivity index (χ4n) is 4.49. The van der Waals surface area contributed by atoms with E-state index in [1.54, 1.807) is 35.4 Å². The number of nitrogens with one attached hydrogen (secondary N) is 1. The fraction of sp³-hybridized carbons (Fsp3) is 0.577. The van der Waals surface area contributed by atoms with Crippen LogP contribution in [0.15, 0.2) is 30.5 Å². The van der Waals surface area contributed by atoms with Crippen LogP contribution in [-0.4, -0.2) is 90.5 Å². The predicted molar refractivity (Wildman–Crippen MR) is 163 cm³/mol. The summed E-state index contributed by atoms with van der Waals surface area (Å²) in [6.45, 7) is 8.10. The van der Waals surface area contributed by atoms with Crippen LogP contribution >= 0.6 is 26.8 Å². The molecule has 0 aliphatic rings. The standard InChI is InChI=1S/C26H41ClN4O10P2/c1-4-30(5-2)16-6-8-19(3)31(23-12-14-28-22-18-20(27)10-11-21(22)23)25(33)41-17-7-9-24(32)29-15-13-26(34,42(35,36)37)43(38,39)40/h10-12,14,18-19,34H,4-9,13,15-17H2,1-3H3,(H,29,32)(H2,35,36,37)(H2,38,39,40). The lowest BCUT2D eigenvalue weighted by Crippen LogP contribution is -2.40. The second kappa shape index (κ2) is 16.3. The quantitative estimate of drug-likeness (QED) is 0.106. The normalized spacial score (nSPS) is 13.3. The van der Waals surface area contributed by atoms with Crippen molar-refractivity contribution in [1.29, 1.82) is 0 Å². The van der Waals surface area contributed by atoms with Crippen molar-refractivity contribution in [3.05, 3.63) is 35.5 Å². The number of anilines is 1. The Kier molecular flexibility index (Phi) is 14.0. The highest BCUT2D eigenvalue weighted by Crippen LogP contribution is 2.68. The Balaban J connectivity index is 2.04. The first-order valence-corrected chi connectivity index (χ1v) is 17.5. The summed E-state index contributed by atoms with van der Waals surface area (Å²) in [4.78, 5) is 70.5. The lowest BCUT2D eigenvalue weighted by atomic mass is 10.1. The molecule has 1 atom stereocenters. The molecule has 0 radical (unpaired) electrons. The number of aliphatic hydroxyl groups is 1. The molecule has 0 bridgehead atoms. The van der Waals surface area contributed by atoms with Gasteiger partial charge in [0, 0.05) is 42.0 Å². The van der Waals surface area contributed by atoms with E-state index >= 15 is 0 Å². The molecule has 1 aromatic carbocycles. The van der Waals surface area contributed by atoms with Crippen LogP contribution in [0.3, 0.4) is 0 Å². The van der Waals surface area contributed by atoms with Gasteiger partial charge in [-0.15, -0.1) is 0 Å². The van der Waals surface area contributed by atoms with E-state index in [0.29, 0.717) is 28.0 Å². The number of aromatic nitrogens is 1. The monoisotopic (exact) mass is 666 g/mol. The van der Waals surface area contributed by atoms with Crippen LogP contribution in [0.5, 0.6) is 0 Å². The van der Waals surface area contributed by atoms with Crippen LogP contribution in [0.1, 0.15) is 52.9 Å². The highest BCUT2D eigenvalue weighted by atomic mass is 35.5. The van der Waals surface area contributed by atoms with Gasteiger partial charge in [0.2, 0.25) is 5.91 Å². The van der Waals surface area contributed by atoms with Crippen molar-refractivity contribution in [2.45, 2.75) is 64.0 Å². The minimum absolute atomic E-state index is 0.0930. The highest BCUT2D eigenvalue weighted by molar-refractivity contribution is 7.72. The van der Waals surface area contributed by atoms with Crippen LogP contribution < -0.4 is 10.2 Å². The van der Waals surface area contributed by atoms with E-state index in [0.717, 1.165) is 26.1 Å². The van der Waals surface area contributed by atoms with E-state index < -0.39 is 45.2 Å². The van der Waals surface area contributed by atoms with Gasteiger partial charge < -0.3 is 39.6 Å². The average Bonchev–Trinajstić information content (AvgIpc) is 2.92. The van der Waals surface area contributed by atoms with E-state index in [2.05, 4.69) is 29.0 Å². The summed E-state index contributed by atoms with van der Waals surface area (Å²) >= 11 is 6.14. The smallest absolute Gasteiger partial charge is 0.414 e. The van der Waals surface area contributed by atoms with Crippen molar-refractivity contribution in [3.63, 3.8) is 0 Å². The van der Waals surface area contributed by atoms with Gasteiger partial charge in [-0.2, -0.15) is 0 Å². The fourth-order valence-corrected chi connectivity index (χ4v) is 6.82. The Morgan fingerprint density at radius 3 is 2.35 bits per heavy atom. The third-order valence-corrected chi connectivity index (χ3v) is 11.2. The number of halogens is 1. The molecular weight excluding hydrogens is 626 g/mol. The zero-order valence-electron chi connectivity index (χ0n) is 24.4. The van der Waals surface area contributed by atoms with Gasteiger partial charge in [0.05, 0.1) is 17.8 Å². The minimum Gasteiger partial charge on any atom is -0.449 e. The molecule has 1 heterocycles. The molecule has 1 unspecified atom stereocenters. The lowest BCUT2D eigenvalue weighted by Gasteiger charge is -2.30. The number of carbonyl (C=O) groups excluding carboxylic acids is 2. The third-order valence-electron chi connectivity index (χ3n) is 7.06. The number of hydrogen-bond acceptors (Lipinski definition) is 8. The summed E-state index contributed by atoms with van der Waals surface area (Å²) in [7, 11) is -11.2. The Bertz CT molecular complexity index is 1310. The first kappa shape index (κ1) is 37.1. The number of benzene rings is 1. The number of nitrogens with zero attached hydrogens (tertiary/aromatic N) is 3. The van der Waals surface area contributed by atoms with E-state index in [-0.39, 0.29) is 25.5 Å². The maximum Gasteiger partial charge on any atom is 0.414 e. The molecule has 2 aromatic rings. The van der Waals surface area contributed by atoms with Crippen LogP contribution in [0, 0.1) is 0 Å². The number of carbonyl (C=O) groups is 2. The van der Waals surface area contributed by atoms with Gasteiger partial charge in [-0.1, -0.05) is 25.4 Å². The molecule has 0 spiro atoms. The number of fused-ring (bicyclic) bond motifs is 1. The van der Waals surface area contributed by atoms with Gasteiger partial charge in [-0.05, 0) is 70.1 Å².